The molecule has 0 aliphatic carbocycles. The summed E-state index contributed by atoms with van der Waals surface area (Å²) in [6.45, 7) is 0. The van der Waals surface area contributed by atoms with Crippen molar-refractivity contribution >= 4 is 39.0 Å². The molecule has 1 aromatic heterocycles. The van der Waals surface area contributed by atoms with Crippen molar-refractivity contribution in [1.29, 1.82) is 0 Å². The summed E-state index contributed by atoms with van der Waals surface area (Å²) in [5.41, 5.74) is 5.86. The second kappa shape index (κ2) is 8.24. The van der Waals surface area contributed by atoms with Crippen molar-refractivity contribution in [2.24, 2.45) is 5.10 Å². The van der Waals surface area contributed by atoms with E-state index in [4.69, 9.17) is 4.98 Å². The van der Waals surface area contributed by atoms with E-state index in [9.17, 15) is 9.90 Å². The molecule has 29 heavy (non-hydrogen) atoms. The molecule has 0 bridgehead atoms. The van der Waals surface area contributed by atoms with Crippen LogP contribution in [0.2, 0.25) is 0 Å². The monoisotopic (exact) mass is 445 g/mol. The number of para-hydroxylation sites is 2. The molecule has 3 aromatic carbocycles. The minimum absolute atomic E-state index is 0.0948. The smallest absolute Gasteiger partial charge is 0.272 e. The Kier molecular flexibility index (Phi) is 5.35. The Hall–Kier alpha value is -3.51. The zero-order chi connectivity index (χ0) is 20.2. The first kappa shape index (κ1) is 18.8. The second-order valence-electron chi connectivity index (χ2n) is 6.34. The molecule has 0 aliphatic heterocycles. The number of nitrogens with one attached hydrogen (secondary N) is 1. The van der Waals surface area contributed by atoms with E-state index in [0.29, 0.717) is 16.8 Å². The van der Waals surface area contributed by atoms with Crippen molar-refractivity contribution in [2.75, 3.05) is 0 Å². The van der Waals surface area contributed by atoms with E-state index in [1.54, 1.807) is 30.3 Å². The number of phenols is 1. The van der Waals surface area contributed by atoms with Gasteiger partial charge in [-0.3, -0.25) is 4.79 Å². The molecular weight excluding hydrogens is 430 g/mol. The Bertz CT molecular complexity index is 1220. The summed E-state index contributed by atoms with van der Waals surface area (Å²) in [6.07, 6.45) is 1.41. The number of benzene rings is 3. The Balaban J connectivity index is 1.69. The van der Waals surface area contributed by atoms with E-state index in [2.05, 4.69) is 26.5 Å². The number of amides is 1. The maximum Gasteiger partial charge on any atom is 0.272 e. The standard InChI is InChI=1S/C23H16BrN3O2/c24-17-11-9-15(10-12-17)21-13-19(18-6-2-3-7-20(18)26-21)23(29)27-25-14-16-5-1-4-8-22(16)28/h1-14,28H,(H,27,29). The molecule has 0 aliphatic rings. The number of hydrogen-bond donors (Lipinski definition) is 2. The summed E-state index contributed by atoms with van der Waals surface area (Å²) in [5, 5.41) is 14.5. The van der Waals surface area contributed by atoms with Crippen molar-refractivity contribution in [2.45, 2.75) is 0 Å². The molecule has 0 unspecified atom stereocenters. The zero-order valence-electron chi connectivity index (χ0n) is 15.2. The molecule has 1 heterocycles. The van der Waals surface area contributed by atoms with Crippen LogP contribution in [0.15, 0.2) is 88.4 Å². The van der Waals surface area contributed by atoms with Crippen LogP contribution in [0.4, 0.5) is 0 Å². The predicted molar refractivity (Wildman–Crippen MR) is 118 cm³/mol. The molecule has 6 heteroatoms. The fourth-order valence-electron chi connectivity index (χ4n) is 2.95. The number of aromatic nitrogens is 1. The lowest BCUT2D eigenvalue weighted by molar-refractivity contribution is 0.0956. The third-order valence-electron chi connectivity index (χ3n) is 4.41. The maximum atomic E-state index is 12.8. The number of aromatic hydroxyl groups is 1. The van der Waals surface area contributed by atoms with Crippen LogP contribution in [0.1, 0.15) is 15.9 Å². The van der Waals surface area contributed by atoms with Crippen LogP contribution in [0.3, 0.4) is 0 Å². The summed E-state index contributed by atoms with van der Waals surface area (Å²) >= 11 is 3.43. The first-order chi connectivity index (χ1) is 14.1. The Labute approximate surface area is 175 Å². The van der Waals surface area contributed by atoms with E-state index in [1.165, 1.54) is 6.21 Å². The summed E-state index contributed by atoms with van der Waals surface area (Å²) in [4.78, 5) is 17.5. The fraction of sp³-hybridized carbons (Fsp3) is 0. The highest BCUT2D eigenvalue weighted by Gasteiger charge is 2.13. The van der Waals surface area contributed by atoms with E-state index in [1.807, 2.05) is 48.5 Å². The zero-order valence-corrected chi connectivity index (χ0v) is 16.8. The Morgan fingerprint density at radius 2 is 1.72 bits per heavy atom. The molecule has 142 valence electrons. The number of fused-ring (bicyclic) bond motifs is 1. The van der Waals surface area contributed by atoms with Gasteiger partial charge in [0, 0.05) is 21.0 Å². The van der Waals surface area contributed by atoms with Gasteiger partial charge in [-0.15, -0.1) is 0 Å². The number of carbonyl (C=O) groups excluding carboxylic acids is 1. The van der Waals surface area contributed by atoms with Gasteiger partial charge in [0.1, 0.15) is 5.75 Å². The minimum Gasteiger partial charge on any atom is -0.507 e. The lowest BCUT2D eigenvalue weighted by Gasteiger charge is -2.09. The number of hydrogen-bond acceptors (Lipinski definition) is 4. The van der Waals surface area contributed by atoms with Gasteiger partial charge < -0.3 is 5.11 Å². The molecule has 0 fully saturated rings. The topological polar surface area (TPSA) is 74.6 Å². The second-order valence-corrected chi connectivity index (χ2v) is 7.25. The number of pyridine rings is 1. The number of phenolic OH excluding ortho intramolecular Hbond substituents is 1. The number of hydrazone groups is 1. The van der Waals surface area contributed by atoms with Gasteiger partial charge in [0.05, 0.1) is 23.0 Å². The molecule has 0 radical (unpaired) electrons. The van der Waals surface area contributed by atoms with Crippen LogP contribution < -0.4 is 5.43 Å². The van der Waals surface area contributed by atoms with Crippen molar-refractivity contribution in [3.63, 3.8) is 0 Å². The van der Waals surface area contributed by atoms with Crippen molar-refractivity contribution in [1.82, 2.24) is 10.4 Å². The third-order valence-corrected chi connectivity index (χ3v) is 4.94. The van der Waals surface area contributed by atoms with Gasteiger partial charge in [-0.2, -0.15) is 5.10 Å². The molecule has 2 N–H and O–H groups in total. The molecule has 4 aromatic rings. The molecule has 0 atom stereocenters. The van der Waals surface area contributed by atoms with Crippen LogP contribution in [0.5, 0.6) is 5.75 Å². The summed E-state index contributed by atoms with van der Waals surface area (Å²) in [5.74, 6) is -0.258. The Morgan fingerprint density at radius 3 is 2.52 bits per heavy atom. The van der Waals surface area contributed by atoms with Crippen LogP contribution in [0, 0.1) is 0 Å². The summed E-state index contributed by atoms with van der Waals surface area (Å²) in [7, 11) is 0. The SMILES string of the molecule is O=C(NN=Cc1ccccc1O)c1cc(-c2ccc(Br)cc2)nc2ccccc12. The van der Waals surface area contributed by atoms with E-state index < -0.39 is 0 Å². The summed E-state index contributed by atoms with van der Waals surface area (Å²) in [6, 6.07) is 23.8. The average molecular weight is 446 g/mol. The van der Waals surface area contributed by atoms with Crippen LogP contribution >= 0.6 is 15.9 Å². The number of rotatable bonds is 4. The average Bonchev–Trinajstić information content (AvgIpc) is 2.74. The third kappa shape index (κ3) is 4.17. The molecule has 1 amide bonds. The number of nitrogens with zero attached hydrogens (tertiary/aromatic N) is 2. The van der Waals surface area contributed by atoms with Crippen molar-refractivity contribution in [3.05, 3.63) is 94.5 Å². The fourth-order valence-corrected chi connectivity index (χ4v) is 3.21. The van der Waals surface area contributed by atoms with Crippen LogP contribution in [-0.2, 0) is 0 Å². The highest BCUT2D eigenvalue weighted by Crippen LogP contribution is 2.26. The normalized spacial score (nSPS) is 11.1. The lowest BCUT2D eigenvalue weighted by Crippen LogP contribution is -2.18. The lowest BCUT2D eigenvalue weighted by atomic mass is 10.0. The first-order valence-corrected chi connectivity index (χ1v) is 9.68. The van der Waals surface area contributed by atoms with Gasteiger partial charge in [0.15, 0.2) is 0 Å². The highest BCUT2D eigenvalue weighted by atomic mass is 79.9. The highest BCUT2D eigenvalue weighted by molar-refractivity contribution is 9.10. The van der Waals surface area contributed by atoms with E-state index >= 15 is 0 Å². The van der Waals surface area contributed by atoms with Gasteiger partial charge >= 0.3 is 0 Å². The Morgan fingerprint density at radius 1 is 1.00 bits per heavy atom. The first-order valence-electron chi connectivity index (χ1n) is 8.89. The molecule has 0 spiro atoms. The number of carbonyl (C=O) groups is 1. The van der Waals surface area contributed by atoms with Crippen molar-refractivity contribution in [3.8, 4) is 17.0 Å². The molecule has 5 nitrogen and oxygen atoms in total. The quantitative estimate of drug-likeness (QED) is 0.337. The van der Waals surface area contributed by atoms with Crippen molar-refractivity contribution < 1.29 is 9.90 Å². The van der Waals surface area contributed by atoms with Gasteiger partial charge in [0.25, 0.3) is 5.91 Å². The predicted octanol–water partition coefficient (Wildman–Crippen LogP) is 5.13. The molecular formula is C23H16BrN3O2. The van der Waals surface area contributed by atoms with Gasteiger partial charge in [-0.25, -0.2) is 10.4 Å². The molecule has 4 rings (SSSR count). The molecule has 0 saturated heterocycles. The van der Waals surface area contributed by atoms with Gasteiger partial charge in [-0.1, -0.05) is 58.4 Å². The summed E-state index contributed by atoms with van der Waals surface area (Å²) < 4.78 is 0.971. The van der Waals surface area contributed by atoms with Gasteiger partial charge in [-0.05, 0) is 36.4 Å². The largest absolute Gasteiger partial charge is 0.507 e. The minimum atomic E-state index is -0.353. The van der Waals surface area contributed by atoms with Crippen LogP contribution in [-0.4, -0.2) is 22.2 Å². The van der Waals surface area contributed by atoms with Gasteiger partial charge in [0.2, 0.25) is 0 Å². The number of halogens is 1. The van der Waals surface area contributed by atoms with E-state index in [0.717, 1.165) is 20.9 Å². The van der Waals surface area contributed by atoms with E-state index in [-0.39, 0.29) is 11.7 Å². The maximum absolute atomic E-state index is 12.8. The van der Waals surface area contributed by atoms with Crippen LogP contribution in [0.25, 0.3) is 22.2 Å². The molecule has 0 saturated carbocycles.